The number of hydrogen-bond donors (Lipinski definition) is 2. The summed E-state index contributed by atoms with van der Waals surface area (Å²) >= 11 is 0. The molecule has 3 N–H and O–H groups in total. The topological polar surface area (TPSA) is 74.5 Å². The molecule has 1 atom stereocenters. The summed E-state index contributed by atoms with van der Waals surface area (Å²) in [5, 5.41) is 3.03. The minimum absolute atomic E-state index is 0.0599. The third-order valence-electron chi connectivity index (χ3n) is 5.28. The first-order valence-corrected chi connectivity index (χ1v) is 9.67. The second-order valence-electron chi connectivity index (χ2n) is 7.18. The molecule has 0 spiro atoms. The maximum absolute atomic E-state index is 11.7. The Hall–Kier alpha value is -1.66. The average Bonchev–Trinajstić information content (AvgIpc) is 3.17. The second-order valence-corrected chi connectivity index (χ2v) is 7.18. The van der Waals surface area contributed by atoms with E-state index in [1.807, 2.05) is 6.20 Å². The van der Waals surface area contributed by atoms with Gasteiger partial charge < -0.3 is 16.0 Å². The summed E-state index contributed by atoms with van der Waals surface area (Å²) in [7, 11) is 0. The molecular formula is C19H31N5O. The fourth-order valence-electron chi connectivity index (χ4n) is 3.83. The fraction of sp³-hybridized carbons (Fsp3) is 0.684. The van der Waals surface area contributed by atoms with Gasteiger partial charge >= 0.3 is 0 Å². The van der Waals surface area contributed by atoms with Gasteiger partial charge in [-0.2, -0.15) is 0 Å². The van der Waals surface area contributed by atoms with E-state index in [1.165, 1.54) is 31.2 Å². The first-order chi connectivity index (χ1) is 12.3. The maximum Gasteiger partial charge on any atom is 0.221 e. The Morgan fingerprint density at radius 2 is 2.00 bits per heavy atom. The van der Waals surface area contributed by atoms with E-state index >= 15 is 0 Å². The van der Waals surface area contributed by atoms with Gasteiger partial charge in [0.15, 0.2) is 0 Å². The molecule has 2 aliphatic rings. The predicted octanol–water partition coefficient (Wildman–Crippen LogP) is 1.50. The number of aromatic nitrogens is 1. The highest BCUT2D eigenvalue weighted by Gasteiger charge is 2.23. The van der Waals surface area contributed by atoms with Crippen LogP contribution in [-0.2, 0) is 11.3 Å². The molecule has 0 radical (unpaired) electrons. The van der Waals surface area contributed by atoms with Crippen molar-refractivity contribution in [3.63, 3.8) is 0 Å². The van der Waals surface area contributed by atoms with Gasteiger partial charge in [0.1, 0.15) is 5.82 Å². The summed E-state index contributed by atoms with van der Waals surface area (Å²) < 4.78 is 0. The molecule has 0 aliphatic carbocycles. The predicted molar refractivity (Wildman–Crippen MR) is 100 cm³/mol. The molecule has 6 nitrogen and oxygen atoms in total. The van der Waals surface area contributed by atoms with E-state index in [2.05, 4.69) is 32.2 Å². The third kappa shape index (κ3) is 5.16. The van der Waals surface area contributed by atoms with Gasteiger partial charge in [-0.15, -0.1) is 0 Å². The van der Waals surface area contributed by atoms with Crippen LogP contribution in [0.3, 0.4) is 0 Å². The number of carbonyl (C=O) groups is 1. The number of rotatable bonds is 7. The first kappa shape index (κ1) is 18.1. The first-order valence-electron chi connectivity index (χ1n) is 9.67. The standard InChI is InChI=1S/C19H31N5O/c20-9-8-19(25)22-14-17-5-1-2-12-24(17)15-16-6-7-18(21-13-16)23-10-3-4-11-23/h6-7,13,17H,1-5,8-12,14-15,20H2,(H,22,25). The molecule has 2 fully saturated rings. The Kier molecular flexibility index (Phi) is 6.64. The van der Waals surface area contributed by atoms with E-state index in [9.17, 15) is 4.79 Å². The molecule has 1 aromatic heterocycles. The quantitative estimate of drug-likeness (QED) is 0.783. The molecule has 1 amide bonds. The van der Waals surface area contributed by atoms with E-state index < -0.39 is 0 Å². The summed E-state index contributed by atoms with van der Waals surface area (Å²) in [6, 6.07) is 4.77. The second kappa shape index (κ2) is 9.15. The van der Waals surface area contributed by atoms with E-state index in [4.69, 9.17) is 5.73 Å². The molecule has 6 heteroatoms. The van der Waals surface area contributed by atoms with E-state index in [1.54, 1.807) is 0 Å². The number of nitrogens with zero attached hydrogens (tertiary/aromatic N) is 3. The summed E-state index contributed by atoms with van der Waals surface area (Å²) in [6.07, 6.45) is 8.58. The molecule has 2 aliphatic heterocycles. The van der Waals surface area contributed by atoms with E-state index in [0.717, 1.165) is 45.0 Å². The Morgan fingerprint density at radius 1 is 1.20 bits per heavy atom. The zero-order valence-corrected chi connectivity index (χ0v) is 15.1. The number of nitrogens with two attached hydrogens (primary N) is 1. The fourth-order valence-corrected chi connectivity index (χ4v) is 3.83. The number of carbonyl (C=O) groups excluding carboxylic acids is 1. The van der Waals surface area contributed by atoms with Gasteiger partial charge in [0.05, 0.1) is 0 Å². The number of anilines is 1. The lowest BCUT2D eigenvalue weighted by Gasteiger charge is -2.35. The number of amides is 1. The minimum Gasteiger partial charge on any atom is -0.357 e. The molecule has 0 saturated carbocycles. The summed E-state index contributed by atoms with van der Waals surface area (Å²) in [4.78, 5) is 21.2. The molecule has 1 aromatic rings. The van der Waals surface area contributed by atoms with Gasteiger partial charge in [0, 0.05) is 51.4 Å². The molecule has 2 saturated heterocycles. The van der Waals surface area contributed by atoms with Crippen molar-refractivity contribution >= 4 is 11.7 Å². The van der Waals surface area contributed by atoms with Gasteiger partial charge in [0.2, 0.25) is 5.91 Å². The number of pyridine rings is 1. The number of piperidine rings is 1. The molecule has 138 valence electrons. The van der Waals surface area contributed by atoms with Crippen LogP contribution in [0.5, 0.6) is 0 Å². The van der Waals surface area contributed by atoms with Gasteiger partial charge in [-0.1, -0.05) is 12.5 Å². The molecule has 0 bridgehead atoms. The SMILES string of the molecule is NCCC(=O)NCC1CCCCN1Cc1ccc(N2CCCC2)nc1. The minimum atomic E-state index is 0.0599. The average molecular weight is 345 g/mol. The normalized spacial score (nSPS) is 21.5. The summed E-state index contributed by atoms with van der Waals surface area (Å²) in [5.41, 5.74) is 6.70. The van der Waals surface area contributed by atoms with Crippen LogP contribution in [0.15, 0.2) is 18.3 Å². The van der Waals surface area contributed by atoms with Crippen molar-refractivity contribution in [3.05, 3.63) is 23.9 Å². The number of nitrogens with one attached hydrogen (secondary N) is 1. The van der Waals surface area contributed by atoms with Crippen LogP contribution in [0.4, 0.5) is 5.82 Å². The van der Waals surface area contributed by atoms with Crippen molar-refractivity contribution in [2.45, 2.75) is 51.1 Å². The summed E-state index contributed by atoms with van der Waals surface area (Å²) in [6.45, 7) is 5.38. The number of likely N-dealkylation sites (tertiary alicyclic amines) is 1. The molecule has 1 unspecified atom stereocenters. The molecule has 3 rings (SSSR count). The zero-order valence-electron chi connectivity index (χ0n) is 15.1. The highest BCUT2D eigenvalue weighted by Crippen LogP contribution is 2.21. The maximum atomic E-state index is 11.7. The van der Waals surface area contributed by atoms with Gasteiger partial charge in [-0.3, -0.25) is 9.69 Å². The van der Waals surface area contributed by atoms with Crippen LogP contribution in [0.2, 0.25) is 0 Å². The lowest BCUT2D eigenvalue weighted by Crippen LogP contribution is -2.46. The monoisotopic (exact) mass is 345 g/mol. The largest absolute Gasteiger partial charge is 0.357 e. The van der Waals surface area contributed by atoms with Crippen molar-refractivity contribution in [3.8, 4) is 0 Å². The van der Waals surface area contributed by atoms with Crippen LogP contribution in [-0.4, -0.2) is 54.6 Å². The van der Waals surface area contributed by atoms with Crippen molar-refractivity contribution in [2.24, 2.45) is 5.73 Å². The van der Waals surface area contributed by atoms with Gasteiger partial charge in [0.25, 0.3) is 0 Å². The van der Waals surface area contributed by atoms with Crippen LogP contribution in [0.1, 0.15) is 44.1 Å². The van der Waals surface area contributed by atoms with Crippen molar-refractivity contribution in [2.75, 3.05) is 37.6 Å². The van der Waals surface area contributed by atoms with E-state index in [-0.39, 0.29) is 5.91 Å². The highest BCUT2D eigenvalue weighted by molar-refractivity contribution is 5.76. The smallest absolute Gasteiger partial charge is 0.221 e. The lowest BCUT2D eigenvalue weighted by atomic mass is 10.0. The zero-order chi connectivity index (χ0) is 17.5. The Labute approximate surface area is 150 Å². The van der Waals surface area contributed by atoms with Crippen molar-refractivity contribution in [1.82, 2.24) is 15.2 Å². The number of hydrogen-bond acceptors (Lipinski definition) is 5. The summed E-state index contributed by atoms with van der Waals surface area (Å²) in [5.74, 6) is 1.16. The van der Waals surface area contributed by atoms with Crippen molar-refractivity contribution < 1.29 is 4.79 Å². The van der Waals surface area contributed by atoms with Crippen LogP contribution >= 0.6 is 0 Å². The molecular weight excluding hydrogens is 314 g/mol. The molecule has 0 aromatic carbocycles. The van der Waals surface area contributed by atoms with Crippen molar-refractivity contribution in [1.29, 1.82) is 0 Å². The molecule has 25 heavy (non-hydrogen) atoms. The van der Waals surface area contributed by atoms with Gasteiger partial charge in [-0.25, -0.2) is 4.98 Å². The Morgan fingerprint density at radius 3 is 2.72 bits per heavy atom. The lowest BCUT2D eigenvalue weighted by molar-refractivity contribution is -0.121. The van der Waals surface area contributed by atoms with Crippen LogP contribution < -0.4 is 16.0 Å². The van der Waals surface area contributed by atoms with Gasteiger partial charge in [-0.05, 0) is 43.9 Å². The Bertz CT molecular complexity index is 541. The third-order valence-corrected chi connectivity index (χ3v) is 5.28. The van der Waals surface area contributed by atoms with E-state index in [0.29, 0.717) is 19.0 Å². The highest BCUT2D eigenvalue weighted by atomic mass is 16.1. The molecule has 3 heterocycles. The van der Waals surface area contributed by atoms with Crippen LogP contribution in [0.25, 0.3) is 0 Å². The van der Waals surface area contributed by atoms with Crippen LogP contribution in [0, 0.1) is 0 Å². The Balaban J connectivity index is 1.54.